The third-order valence-electron chi connectivity index (χ3n) is 2.89. The van der Waals surface area contributed by atoms with Crippen molar-refractivity contribution in [1.29, 1.82) is 0 Å². The lowest BCUT2D eigenvalue weighted by Crippen LogP contribution is -2.27. The van der Waals surface area contributed by atoms with Crippen molar-refractivity contribution in [3.8, 4) is 0 Å². The standard InChI is InChI=1S/C15H23N/c1-4-6-10-15(5-2)16-12-14-9-7-8-13(3)11-14/h4,7-9,11,15-16H,1,5-6,10,12H2,2-3H3. The maximum absolute atomic E-state index is 3.77. The fourth-order valence-corrected chi connectivity index (χ4v) is 1.85. The number of aryl methyl sites for hydroxylation is 1. The van der Waals surface area contributed by atoms with Gasteiger partial charge in [-0.3, -0.25) is 0 Å². The summed E-state index contributed by atoms with van der Waals surface area (Å²) >= 11 is 0. The minimum Gasteiger partial charge on any atom is -0.310 e. The van der Waals surface area contributed by atoms with E-state index in [0.717, 1.165) is 13.0 Å². The van der Waals surface area contributed by atoms with Crippen molar-refractivity contribution >= 4 is 0 Å². The molecule has 1 aromatic rings. The Hall–Kier alpha value is -1.08. The van der Waals surface area contributed by atoms with E-state index in [2.05, 4.69) is 50.0 Å². The van der Waals surface area contributed by atoms with Gasteiger partial charge in [-0.1, -0.05) is 42.8 Å². The molecule has 0 aliphatic rings. The molecule has 88 valence electrons. The molecule has 1 unspecified atom stereocenters. The first-order valence-electron chi connectivity index (χ1n) is 6.16. The molecule has 1 rings (SSSR count). The van der Waals surface area contributed by atoms with Crippen LogP contribution in [0.15, 0.2) is 36.9 Å². The SMILES string of the molecule is C=CCCC(CC)NCc1cccc(C)c1. The van der Waals surface area contributed by atoms with Gasteiger partial charge in [0.2, 0.25) is 0 Å². The number of hydrogen-bond acceptors (Lipinski definition) is 1. The quantitative estimate of drug-likeness (QED) is 0.684. The van der Waals surface area contributed by atoms with Crippen LogP contribution < -0.4 is 5.32 Å². The van der Waals surface area contributed by atoms with Crippen molar-refractivity contribution in [3.63, 3.8) is 0 Å². The van der Waals surface area contributed by atoms with Crippen LogP contribution in [0.2, 0.25) is 0 Å². The van der Waals surface area contributed by atoms with E-state index in [-0.39, 0.29) is 0 Å². The number of allylic oxidation sites excluding steroid dienone is 1. The van der Waals surface area contributed by atoms with Gasteiger partial charge in [-0.25, -0.2) is 0 Å². The molecule has 1 heteroatoms. The second kappa shape index (κ2) is 7.24. The minimum atomic E-state index is 0.610. The fourth-order valence-electron chi connectivity index (χ4n) is 1.85. The molecule has 0 saturated carbocycles. The predicted octanol–water partition coefficient (Wildman–Crippen LogP) is 3.83. The van der Waals surface area contributed by atoms with E-state index < -0.39 is 0 Å². The molecule has 1 N–H and O–H groups in total. The van der Waals surface area contributed by atoms with Gasteiger partial charge in [-0.2, -0.15) is 0 Å². The monoisotopic (exact) mass is 217 g/mol. The number of benzene rings is 1. The zero-order valence-corrected chi connectivity index (χ0v) is 10.5. The van der Waals surface area contributed by atoms with E-state index in [9.17, 15) is 0 Å². The molecule has 16 heavy (non-hydrogen) atoms. The molecule has 0 bridgehead atoms. The van der Waals surface area contributed by atoms with Crippen LogP contribution in [-0.4, -0.2) is 6.04 Å². The highest BCUT2D eigenvalue weighted by Gasteiger charge is 2.03. The Kier molecular flexibility index (Phi) is 5.87. The number of hydrogen-bond donors (Lipinski definition) is 1. The zero-order chi connectivity index (χ0) is 11.8. The highest BCUT2D eigenvalue weighted by Crippen LogP contribution is 2.06. The lowest BCUT2D eigenvalue weighted by molar-refractivity contribution is 0.470. The van der Waals surface area contributed by atoms with Crippen LogP contribution in [0.1, 0.15) is 37.3 Å². The molecular formula is C15H23N. The first-order chi connectivity index (χ1) is 7.76. The Morgan fingerprint density at radius 1 is 1.44 bits per heavy atom. The maximum Gasteiger partial charge on any atom is 0.0208 e. The smallest absolute Gasteiger partial charge is 0.0208 e. The highest BCUT2D eigenvalue weighted by molar-refractivity contribution is 5.21. The fraction of sp³-hybridized carbons (Fsp3) is 0.467. The van der Waals surface area contributed by atoms with Crippen LogP contribution in [0.25, 0.3) is 0 Å². The normalized spacial score (nSPS) is 12.4. The maximum atomic E-state index is 3.77. The van der Waals surface area contributed by atoms with E-state index in [1.54, 1.807) is 0 Å². The zero-order valence-electron chi connectivity index (χ0n) is 10.5. The van der Waals surface area contributed by atoms with Gasteiger partial charge in [-0.05, 0) is 31.7 Å². The molecule has 0 fully saturated rings. The summed E-state index contributed by atoms with van der Waals surface area (Å²) in [4.78, 5) is 0. The van der Waals surface area contributed by atoms with Gasteiger partial charge in [0.05, 0.1) is 0 Å². The van der Waals surface area contributed by atoms with E-state index in [0.29, 0.717) is 6.04 Å². The molecule has 1 atom stereocenters. The Bertz CT molecular complexity index is 317. The van der Waals surface area contributed by atoms with Crippen LogP contribution in [0.4, 0.5) is 0 Å². The lowest BCUT2D eigenvalue weighted by atomic mass is 10.1. The van der Waals surface area contributed by atoms with Crippen molar-refractivity contribution in [2.24, 2.45) is 0 Å². The van der Waals surface area contributed by atoms with Gasteiger partial charge in [0, 0.05) is 12.6 Å². The molecule has 0 aliphatic heterocycles. The summed E-state index contributed by atoms with van der Waals surface area (Å²) in [5.74, 6) is 0. The van der Waals surface area contributed by atoms with E-state index >= 15 is 0 Å². The highest BCUT2D eigenvalue weighted by atomic mass is 14.9. The van der Waals surface area contributed by atoms with Crippen molar-refractivity contribution < 1.29 is 0 Å². The van der Waals surface area contributed by atoms with Crippen molar-refractivity contribution in [3.05, 3.63) is 48.0 Å². The molecule has 0 heterocycles. The third-order valence-corrected chi connectivity index (χ3v) is 2.89. The Labute approximate surface area is 99.6 Å². The molecule has 0 amide bonds. The summed E-state index contributed by atoms with van der Waals surface area (Å²) in [6, 6.07) is 9.29. The second-order valence-corrected chi connectivity index (χ2v) is 4.34. The Balaban J connectivity index is 2.39. The van der Waals surface area contributed by atoms with Crippen LogP contribution in [0, 0.1) is 6.92 Å². The molecule has 0 radical (unpaired) electrons. The lowest BCUT2D eigenvalue weighted by Gasteiger charge is -2.16. The predicted molar refractivity (Wildman–Crippen MR) is 71.5 cm³/mol. The summed E-state index contributed by atoms with van der Waals surface area (Å²) in [5, 5.41) is 3.60. The number of nitrogens with one attached hydrogen (secondary N) is 1. The van der Waals surface area contributed by atoms with Gasteiger partial charge in [0.15, 0.2) is 0 Å². The first kappa shape index (κ1) is 13.0. The van der Waals surface area contributed by atoms with Crippen LogP contribution in [0.3, 0.4) is 0 Å². The van der Waals surface area contributed by atoms with E-state index in [4.69, 9.17) is 0 Å². The van der Waals surface area contributed by atoms with Crippen molar-refractivity contribution in [1.82, 2.24) is 5.32 Å². The minimum absolute atomic E-state index is 0.610. The number of rotatable bonds is 7. The summed E-state index contributed by atoms with van der Waals surface area (Å²) in [6.07, 6.45) is 5.46. The second-order valence-electron chi connectivity index (χ2n) is 4.34. The summed E-state index contributed by atoms with van der Waals surface area (Å²) < 4.78 is 0. The Morgan fingerprint density at radius 2 is 2.25 bits per heavy atom. The van der Waals surface area contributed by atoms with Gasteiger partial charge in [0.1, 0.15) is 0 Å². The van der Waals surface area contributed by atoms with Gasteiger partial charge >= 0.3 is 0 Å². The largest absolute Gasteiger partial charge is 0.310 e. The molecule has 0 aromatic heterocycles. The van der Waals surface area contributed by atoms with Crippen LogP contribution in [0.5, 0.6) is 0 Å². The molecule has 0 aliphatic carbocycles. The molecule has 1 nitrogen and oxygen atoms in total. The van der Waals surface area contributed by atoms with E-state index in [1.165, 1.54) is 24.0 Å². The molecule has 0 saturated heterocycles. The van der Waals surface area contributed by atoms with Crippen LogP contribution in [-0.2, 0) is 6.54 Å². The summed E-state index contributed by atoms with van der Waals surface area (Å²) in [7, 11) is 0. The third kappa shape index (κ3) is 4.63. The summed E-state index contributed by atoms with van der Waals surface area (Å²) in [5.41, 5.74) is 2.70. The molecule has 1 aromatic carbocycles. The van der Waals surface area contributed by atoms with Crippen molar-refractivity contribution in [2.75, 3.05) is 0 Å². The average Bonchev–Trinajstić information content (AvgIpc) is 2.29. The average molecular weight is 217 g/mol. The first-order valence-corrected chi connectivity index (χ1v) is 6.16. The molecular weight excluding hydrogens is 194 g/mol. The molecule has 0 spiro atoms. The summed E-state index contributed by atoms with van der Waals surface area (Å²) in [6.45, 7) is 9.11. The van der Waals surface area contributed by atoms with E-state index in [1.807, 2.05) is 6.08 Å². The topological polar surface area (TPSA) is 12.0 Å². The van der Waals surface area contributed by atoms with Crippen molar-refractivity contribution in [2.45, 2.75) is 45.7 Å². The van der Waals surface area contributed by atoms with Gasteiger partial charge in [0.25, 0.3) is 0 Å². The van der Waals surface area contributed by atoms with Gasteiger partial charge < -0.3 is 5.32 Å². The van der Waals surface area contributed by atoms with Crippen LogP contribution >= 0.6 is 0 Å². The van der Waals surface area contributed by atoms with Gasteiger partial charge in [-0.15, -0.1) is 6.58 Å². The Morgan fingerprint density at radius 3 is 2.88 bits per heavy atom.